The van der Waals surface area contributed by atoms with Gasteiger partial charge in [-0.1, -0.05) is 43.2 Å². The Morgan fingerprint density at radius 3 is 2.68 bits per heavy atom. The third-order valence-electron chi connectivity index (χ3n) is 5.43. The van der Waals surface area contributed by atoms with Crippen LogP contribution in [0.2, 0.25) is 0 Å². The quantitative estimate of drug-likeness (QED) is 0.589. The number of guanidine groups is 1. The third-order valence-corrected chi connectivity index (χ3v) is 5.43. The lowest BCUT2D eigenvalue weighted by Gasteiger charge is -2.38. The van der Waals surface area contributed by atoms with Crippen LogP contribution in [-0.4, -0.2) is 42.6 Å². The van der Waals surface area contributed by atoms with Crippen LogP contribution in [0.15, 0.2) is 35.3 Å². The Morgan fingerprint density at radius 1 is 1.20 bits per heavy atom. The maximum Gasteiger partial charge on any atom is 0.191 e. The van der Waals surface area contributed by atoms with E-state index < -0.39 is 0 Å². The molecule has 3 rings (SSSR count). The molecule has 25 heavy (non-hydrogen) atoms. The van der Waals surface area contributed by atoms with Crippen molar-refractivity contribution in [3.8, 4) is 0 Å². The maximum atomic E-state index is 4.78. The lowest BCUT2D eigenvalue weighted by molar-refractivity contribution is 0.134. The highest BCUT2D eigenvalue weighted by Crippen LogP contribution is 2.32. The molecule has 2 N–H and O–H groups in total. The second-order valence-corrected chi connectivity index (χ2v) is 7.66. The maximum absolute atomic E-state index is 4.78. The fourth-order valence-corrected chi connectivity index (χ4v) is 3.68. The van der Waals surface area contributed by atoms with E-state index in [1.165, 1.54) is 37.7 Å². The summed E-state index contributed by atoms with van der Waals surface area (Å²) in [5.74, 6) is 1.96. The molecule has 0 amide bonds. The minimum atomic E-state index is 0.528. The van der Waals surface area contributed by atoms with Crippen LogP contribution in [0.4, 0.5) is 0 Å². The number of aliphatic imine (C=N–C) groups is 1. The average molecular weight is 343 g/mol. The molecular formula is C21H34N4. The minimum Gasteiger partial charge on any atom is -0.357 e. The number of nitrogens with one attached hydrogen (secondary N) is 2. The van der Waals surface area contributed by atoms with Gasteiger partial charge in [0.25, 0.3) is 0 Å². The van der Waals surface area contributed by atoms with E-state index in [2.05, 4.69) is 59.7 Å². The first-order valence-electron chi connectivity index (χ1n) is 10.1. The molecule has 4 heteroatoms. The van der Waals surface area contributed by atoms with Crippen LogP contribution >= 0.6 is 0 Å². The summed E-state index contributed by atoms with van der Waals surface area (Å²) >= 11 is 0. The van der Waals surface area contributed by atoms with Crippen molar-refractivity contribution in [3.05, 3.63) is 35.9 Å². The number of hydrogen-bond acceptors (Lipinski definition) is 2. The van der Waals surface area contributed by atoms with Crippen molar-refractivity contribution >= 4 is 5.96 Å². The summed E-state index contributed by atoms with van der Waals surface area (Å²) in [6.07, 6.45) is 6.44. The number of piperidine rings is 1. The molecule has 1 aliphatic carbocycles. The Labute approximate surface area is 153 Å². The van der Waals surface area contributed by atoms with E-state index in [-0.39, 0.29) is 0 Å². The van der Waals surface area contributed by atoms with Gasteiger partial charge in [-0.15, -0.1) is 0 Å². The Morgan fingerprint density at radius 2 is 2.00 bits per heavy atom. The van der Waals surface area contributed by atoms with E-state index in [0.29, 0.717) is 12.1 Å². The SMILES string of the molecule is CCNC(=NCCC1CC1)NC1CCN(Cc2ccccc2)C(C)C1. The molecule has 0 spiro atoms. The Bertz CT molecular complexity index is 538. The largest absolute Gasteiger partial charge is 0.357 e. The summed E-state index contributed by atoms with van der Waals surface area (Å²) < 4.78 is 0. The highest BCUT2D eigenvalue weighted by atomic mass is 15.2. The van der Waals surface area contributed by atoms with Gasteiger partial charge in [0, 0.05) is 38.3 Å². The number of nitrogens with zero attached hydrogens (tertiary/aromatic N) is 2. The molecule has 2 unspecified atom stereocenters. The van der Waals surface area contributed by atoms with E-state index >= 15 is 0 Å². The van der Waals surface area contributed by atoms with Gasteiger partial charge in [0.1, 0.15) is 0 Å². The van der Waals surface area contributed by atoms with E-state index in [0.717, 1.165) is 38.1 Å². The van der Waals surface area contributed by atoms with Crippen LogP contribution in [0.5, 0.6) is 0 Å². The second-order valence-electron chi connectivity index (χ2n) is 7.66. The molecular weight excluding hydrogens is 308 g/mol. The number of hydrogen-bond donors (Lipinski definition) is 2. The molecule has 1 aromatic carbocycles. The smallest absolute Gasteiger partial charge is 0.191 e. The summed E-state index contributed by atoms with van der Waals surface area (Å²) in [6.45, 7) is 8.59. The lowest BCUT2D eigenvalue weighted by Crippen LogP contribution is -2.51. The number of rotatable bonds is 7. The van der Waals surface area contributed by atoms with Crippen LogP contribution in [-0.2, 0) is 6.54 Å². The van der Waals surface area contributed by atoms with Crippen LogP contribution in [0.25, 0.3) is 0 Å². The molecule has 0 aromatic heterocycles. The van der Waals surface area contributed by atoms with Gasteiger partial charge in [0.15, 0.2) is 5.96 Å². The van der Waals surface area contributed by atoms with Gasteiger partial charge >= 0.3 is 0 Å². The van der Waals surface area contributed by atoms with Crippen molar-refractivity contribution in [3.63, 3.8) is 0 Å². The van der Waals surface area contributed by atoms with Gasteiger partial charge in [-0.3, -0.25) is 9.89 Å². The summed E-state index contributed by atoms with van der Waals surface area (Å²) in [7, 11) is 0. The summed E-state index contributed by atoms with van der Waals surface area (Å²) in [5, 5.41) is 7.09. The normalized spacial score (nSPS) is 25.0. The van der Waals surface area contributed by atoms with E-state index in [4.69, 9.17) is 4.99 Å². The van der Waals surface area contributed by atoms with Gasteiger partial charge in [0.2, 0.25) is 0 Å². The van der Waals surface area contributed by atoms with Crippen LogP contribution in [0.3, 0.4) is 0 Å². The average Bonchev–Trinajstić information content (AvgIpc) is 3.43. The number of benzene rings is 1. The predicted molar refractivity (Wildman–Crippen MR) is 106 cm³/mol. The minimum absolute atomic E-state index is 0.528. The predicted octanol–water partition coefficient (Wildman–Crippen LogP) is 3.39. The van der Waals surface area contributed by atoms with Crippen LogP contribution < -0.4 is 10.6 Å². The molecule has 1 saturated carbocycles. The monoisotopic (exact) mass is 342 g/mol. The van der Waals surface area contributed by atoms with Gasteiger partial charge in [-0.2, -0.15) is 0 Å². The molecule has 1 aliphatic heterocycles. The fourth-order valence-electron chi connectivity index (χ4n) is 3.68. The molecule has 2 aliphatic rings. The van der Waals surface area contributed by atoms with Crippen LogP contribution in [0.1, 0.15) is 51.5 Å². The van der Waals surface area contributed by atoms with E-state index in [1.54, 1.807) is 0 Å². The highest BCUT2D eigenvalue weighted by molar-refractivity contribution is 5.80. The van der Waals surface area contributed by atoms with Crippen molar-refractivity contribution in [2.45, 2.75) is 64.6 Å². The molecule has 2 atom stereocenters. The zero-order valence-electron chi connectivity index (χ0n) is 15.9. The van der Waals surface area contributed by atoms with E-state index in [1.807, 2.05) is 0 Å². The summed E-state index contributed by atoms with van der Waals surface area (Å²) in [5.41, 5.74) is 1.41. The standard InChI is InChI=1S/C21H34N4/c1-3-22-21(23-13-11-18-9-10-18)24-20-12-14-25(17(2)15-20)16-19-7-5-4-6-8-19/h4-8,17-18,20H,3,9-16H2,1-2H3,(H2,22,23,24). The lowest BCUT2D eigenvalue weighted by atomic mass is 9.97. The summed E-state index contributed by atoms with van der Waals surface area (Å²) in [6, 6.07) is 11.9. The molecule has 0 radical (unpaired) electrons. The number of likely N-dealkylation sites (tertiary alicyclic amines) is 1. The Kier molecular flexibility index (Phi) is 6.74. The van der Waals surface area contributed by atoms with Crippen molar-refractivity contribution in [1.82, 2.24) is 15.5 Å². The second kappa shape index (κ2) is 9.23. The van der Waals surface area contributed by atoms with Crippen molar-refractivity contribution < 1.29 is 0 Å². The molecule has 1 saturated heterocycles. The van der Waals surface area contributed by atoms with Gasteiger partial charge < -0.3 is 10.6 Å². The van der Waals surface area contributed by atoms with Crippen molar-refractivity contribution in [2.75, 3.05) is 19.6 Å². The first-order valence-corrected chi connectivity index (χ1v) is 10.1. The topological polar surface area (TPSA) is 39.7 Å². The van der Waals surface area contributed by atoms with Crippen molar-refractivity contribution in [1.29, 1.82) is 0 Å². The Hall–Kier alpha value is -1.55. The molecule has 1 aromatic rings. The zero-order valence-corrected chi connectivity index (χ0v) is 15.9. The fraction of sp³-hybridized carbons (Fsp3) is 0.667. The zero-order chi connectivity index (χ0) is 17.5. The van der Waals surface area contributed by atoms with Crippen molar-refractivity contribution in [2.24, 2.45) is 10.9 Å². The highest BCUT2D eigenvalue weighted by Gasteiger charge is 2.26. The van der Waals surface area contributed by atoms with E-state index in [9.17, 15) is 0 Å². The van der Waals surface area contributed by atoms with Gasteiger partial charge in [0.05, 0.1) is 0 Å². The molecule has 1 heterocycles. The van der Waals surface area contributed by atoms with Gasteiger partial charge in [-0.25, -0.2) is 0 Å². The summed E-state index contributed by atoms with van der Waals surface area (Å²) in [4.78, 5) is 7.38. The van der Waals surface area contributed by atoms with Crippen LogP contribution in [0, 0.1) is 5.92 Å². The molecule has 0 bridgehead atoms. The first-order chi connectivity index (χ1) is 12.2. The molecule has 138 valence electrons. The third kappa shape index (κ3) is 6.03. The Balaban J connectivity index is 1.47. The molecule has 4 nitrogen and oxygen atoms in total. The molecule has 2 fully saturated rings. The first kappa shape index (κ1) is 18.2. The van der Waals surface area contributed by atoms with Gasteiger partial charge in [-0.05, 0) is 44.6 Å².